The zero-order valence-electron chi connectivity index (χ0n) is 15.3. The molecular formula is C20H29N3O2. The zero-order chi connectivity index (χ0) is 17.6. The van der Waals surface area contributed by atoms with E-state index in [0.29, 0.717) is 19.1 Å². The van der Waals surface area contributed by atoms with Crippen molar-refractivity contribution in [2.45, 2.75) is 38.2 Å². The second-order valence-electron chi connectivity index (χ2n) is 6.98. The van der Waals surface area contributed by atoms with E-state index in [0.717, 1.165) is 38.1 Å². The molecule has 0 aliphatic carbocycles. The number of nitrogens with zero attached hydrogens (tertiary/aromatic N) is 3. The van der Waals surface area contributed by atoms with Crippen molar-refractivity contribution < 1.29 is 9.84 Å². The highest BCUT2D eigenvalue weighted by atomic mass is 16.5. The van der Waals surface area contributed by atoms with Crippen LogP contribution < -0.4 is 4.74 Å². The van der Waals surface area contributed by atoms with Gasteiger partial charge in [-0.15, -0.1) is 0 Å². The fourth-order valence-corrected chi connectivity index (χ4v) is 3.46. The highest BCUT2D eigenvalue weighted by molar-refractivity contribution is 5.27. The van der Waals surface area contributed by atoms with Crippen LogP contribution in [0.15, 0.2) is 36.7 Å². The fourth-order valence-electron chi connectivity index (χ4n) is 3.46. The van der Waals surface area contributed by atoms with Crippen LogP contribution in [0, 0.1) is 0 Å². The van der Waals surface area contributed by atoms with Gasteiger partial charge >= 0.3 is 0 Å². The summed E-state index contributed by atoms with van der Waals surface area (Å²) in [5, 5.41) is 14.5. The lowest BCUT2D eigenvalue weighted by atomic mass is 9.91. The lowest BCUT2D eigenvalue weighted by Gasteiger charge is -2.32. The van der Waals surface area contributed by atoms with E-state index in [1.165, 1.54) is 11.1 Å². The van der Waals surface area contributed by atoms with Gasteiger partial charge in [-0.1, -0.05) is 19.1 Å². The van der Waals surface area contributed by atoms with Gasteiger partial charge in [0, 0.05) is 19.8 Å². The Morgan fingerprint density at radius 1 is 1.24 bits per heavy atom. The average Bonchev–Trinajstić information content (AvgIpc) is 3.07. The standard InChI is InChI=1S/C20H29N3O2/c1-3-16-4-6-20(7-5-16)25-15-19(24)14-23-10-8-17(9-11-23)18-12-21-22(2)13-18/h4-7,12-13,17,19,24H,3,8-11,14-15H2,1-2H3. The molecule has 1 unspecified atom stereocenters. The first-order valence-electron chi connectivity index (χ1n) is 9.24. The molecule has 1 aromatic heterocycles. The van der Waals surface area contributed by atoms with E-state index in [9.17, 15) is 5.11 Å². The van der Waals surface area contributed by atoms with Crippen LogP contribution in [0.5, 0.6) is 5.75 Å². The molecule has 1 aliphatic heterocycles. The molecular weight excluding hydrogens is 314 g/mol. The van der Waals surface area contributed by atoms with Gasteiger partial charge in [0.05, 0.1) is 6.20 Å². The van der Waals surface area contributed by atoms with Crippen LogP contribution in [0.2, 0.25) is 0 Å². The summed E-state index contributed by atoms with van der Waals surface area (Å²) < 4.78 is 7.59. The topological polar surface area (TPSA) is 50.5 Å². The number of hydrogen-bond donors (Lipinski definition) is 1. The minimum absolute atomic E-state index is 0.341. The molecule has 25 heavy (non-hydrogen) atoms. The first-order valence-corrected chi connectivity index (χ1v) is 9.24. The molecule has 2 aromatic rings. The van der Waals surface area contributed by atoms with Gasteiger partial charge in [-0.3, -0.25) is 4.68 Å². The van der Waals surface area contributed by atoms with Gasteiger partial charge < -0.3 is 14.7 Å². The van der Waals surface area contributed by atoms with Crippen LogP contribution in [0.4, 0.5) is 0 Å². The minimum Gasteiger partial charge on any atom is -0.491 e. The molecule has 1 atom stereocenters. The van der Waals surface area contributed by atoms with E-state index in [2.05, 4.69) is 35.3 Å². The molecule has 0 radical (unpaired) electrons. The Balaban J connectivity index is 1.39. The second kappa shape index (κ2) is 8.50. The molecule has 5 nitrogen and oxygen atoms in total. The number of rotatable bonds is 7. The second-order valence-corrected chi connectivity index (χ2v) is 6.98. The lowest BCUT2D eigenvalue weighted by molar-refractivity contribution is 0.0594. The van der Waals surface area contributed by atoms with E-state index >= 15 is 0 Å². The first kappa shape index (κ1) is 18.0. The molecule has 1 saturated heterocycles. The molecule has 0 saturated carbocycles. The molecule has 1 fully saturated rings. The number of ether oxygens (including phenoxy) is 1. The number of likely N-dealkylation sites (tertiary alicyclic amines) is 1. The number of benzene rings is 1. The smallest absolute Gasteiger partial charge is 0.119 e. The predicted octanol–water partition coefficient (Wildman–Crippen LogP) is 2.60. The molecule has 3 rings (SSSR count). The Morgan fingerprint density at radius 2 is 1.96 bits per heavy atom. The van der Waals surface area contributed by atoms with E-state index < -0.39 is 6.10 Å². The summed E-state index contributed by atoms with van der Waals surface area (Å²) in [4.78, 5) is 2.33. The SMILES string of the molecule is CCc1ccc(OCC(O)CN2CCC(c3cnn(C)c3)CC2)cc1. The molecule has 1 aliphatic rings. The van der Waals surface area contributed by atoms with E-state index in [4.69, 9.17) is 4.74 Å². The van der Waals surface area contributed by atoms with E-state index in [-0.39, 0.29) is 0 Å². The number of aromatic nitrogens is 2. The van der Waals surface area contributed by atoms with Crippen LogP contribution >= 0.6 is 0 Å². The molecule has 0 amide bonds. The zero-order valence-corrected chi connectivity index (χ0v) is 15.3. The average molecular weight is 343 g/mol. The van der Waals surface area contributed by atoms with E-state index in [1.807, 2.05) is 30.1 Å². The van der Waals surface area contributed by atoms with Crippen molar-refractivity contribution in [1.82, 2.24) is 14.7 Å². The third-order valence-electron chi connectivity index (χ3n) is 5.03. The summed E-state index contributed by atoms with van der Waals surface area (Å²) in [7, 11) is 1.96. The number of aliphatic hydroxyl groups excluding tert-OH is 1. The minimum atomic E-state index is -0.458. The number of piperidine rings is 1. The van der Waals surface area contributed by atoms with Crippen LogP contribution in [-0.2, 0) is 13.5 Å². The van der Waals surface area contributed by atoms with Crippen LogP contribution in [-0.4, -0.2) is 52.1 Å². The van der Waals surface area contributed by atoms with Crippen molar-refractivity contribution in [2.75, 3.05) is 26.2 Å². The molecule has 1 N–H and O–H groups in total. The maximum Gasteiger partial charge on any atom is 0.119 e. The van der Waals surface area contributed by atoms with Crippen molar-refractivity contribution in [2.24, 2.45) is 7.05 Å². The number of hydrogen-bond acceptors (Lipinski definition) is 4. The number of aryl methyl sites for hydroxylation is 2. The lowest BCUT2D eigenvalue weighted by Crippen LogP contribution is -2.40. The molecule has 1 aromatic carbocycles. The van der Waals surface area contributed by atoms with Gasteiger partial charge in [-0.05, 0) is 61.5 Å². The van der Waals surface area contributed by atoms with Gasteiger partial charge in [0.15, 0.2) is 0 Å². The summed E-state index contributed by atoms with van der Waals surface area (Å²) in [5.41, 5.74) is 2.63. The summed E-state index contributed by atoms with van der Waals surface area (Å²) in [5.74, 6) is 1.42. The Bertz CT molecular complexity index is 645. The largest absolute Gasteiger partial charge is 0.491 e. The third kappa shape index (κ3) is 5.06. The predicted molar refractivity (Wildman–Crippen MR) is 98.9 cm³/mol. The monoisotopic (exact) mass is 343 g/mol. The fraction of sp³-hybridized carbons (Fsp3) is 0.550. The van der Waals surface area contributed by atoms with Crippen molar-refractivity contribution >= 4 is 0 Å². The molecule has 0 spiro atoms. The highest BCUT2D eigenvalue weighted by Gasteiger charge is 2.23. The normalized spacial score (nSPS) is 17.6. The number of β-amino-alcohol motifs (C(OH)–C–C–N with tert-alkyl or cyclic N) is 1. The summed E-state index contributed by atoms with van der Waals surface area (Å²) in [6, 6.07) is 8.10. The summed E-state index contributed by atoms with van der Waals surface area (Å²) in [6.07, 6.45) is 6.91. The van der Waals surface area contributed by atoms with Gasteiger partial charge in [-0.2, -0.15) is 5.10 Å². The van der Waals surface area contributed by atoms with Gasteiger partial charge in [0.25, 0.3) is 0 Å². The molecule has 0 bridgehead atoms. The Hall–Kier alpha value is -1.85. The van der Waals surface area contributed by atoms with Gasteiger partial charge in [-0.25, -0.2) is 0 Å². The maximum absolute atomic E-state index is 10.3. The van der Waals surface area contributed by atoms with Crippen molar-refractivity contribution in [3.63, 3.8) is 0 Å². The summed E-state index contributed by atoms with van der Waals surface area (Å²) in [6.45, 7) is 5.18. The Labute approximate surface area is 150 Å². The number of aliphatic hydroxyl groups is 1. The maximum atomic E-state index is 10.3. The van der Waals surface area contributed by atoms with Gasteiger partial charge in [0.2, 0.25) is 0 Å². The van der Waals surface area contributed by atoms with Crippen molar-refractivity contribution in [3.8, 4) is 5.75 Å². The summed E-state index contributed by atoms with van der Waals surface area (Å²) >= 11 is 0. The third-order valence-corrected chi connectivity index (χ3v) is 5.03. The van der Waals surface area contributed by atoms with Crippen LogP contribution in [0.1, 0.15) is 36.8 Å². The molecule has 136 valence electrons. The van der Waals surface area contributed by atoms with E-state index in [1.54, 1.807) is 0 Å². The van der Waals surface area contributed by atoms with Crippen LogP contribution in [0.25, 0.3) is 0 Å². The van der Waals surface area contributed by atoms with Crippen LogP contribution in [0.3, 0.4) is 0 Å². The van der Waals surface area contributed by atoms with Crippen molar-refractivity contribution in [3.05, 3.63) is 47.8 Å². The van der Waals surface area contributed by atoms with Crippen molar-refractivity contribution in [1.29, 1.82) is 0 Å². The molecule has 5 heteroatoms. The Morgan fingerprint density at radius 3 is 2.56 bits per heavy atom. The highest BCUT2D eigenvalue weighted by Crippen LogP contribution is 2.27. The quantitative estimate of drug-likeness (QED) is 0.840. The van der Waals surface area contributed by atoms with Gasteiger partial charge in [0.1, 0.15) is 18.5 Å². The first-order chi connectivity index (χ1) is 12.1. The molecule has 2 heterocycles. The Kier molecular flexibility index (Phi) is 6.10.